The number of fused-ring (bicyclic) bond motifs is 1. The van der Waals surface area contributed by atoms with Crippen molar-refractivity contribution in [2.75, 3.05) is 11.9 Å². The molecule has 0 saturated heterocycles. The van der Waals surface area contributed by atoms with Gasteiger partial charge in [-0.15, -0.1) is 0 Å². The number of carbonyl (C=O) groups is 1. The van der Waals surface area contributed by atoms with E-state index >= 15 is 0 Å². The molecule has 32 heavy (non-hydrogen) atoms. The highest BCUT2D eigenvalue weighted by Gasteiger charge is 2.20. The topological polar surface area (TPSA) is 93.0 Å². The van der Waals surface area contributed by atoms with Gasteiger partial charge in [0.2, 0.25) is 5.91 Å². The molecule has 0 bridgehead atoms. The molecule has 1 aromatic carbocycles. The number of amides is 1. The highest BCUT2D eigenvalue weighted by Crippen LogP contribution is 2.18. The Labute approximate surface area is 187 Å². The molecule has 0 fully saturated rings. The summed E-state index contributed by atoms with van der Waals surface area (Å²) in [4.78, 5) is 46.8. The van der Waals surface area contributed by atoms with E-state index < -0.39 is 11.2 Å². The van der Waals surface area contributed by atoms with E-state index in [0.29, 0.717) is 36.5 Å². The number of anilines is 1. The number of benzene rings is 1. The van der Waals surface area contributed by atoms with Gasteiger partial charge in [-0.25, -0.2) is 9.78 Å². The highest BCUT2D eigenvalue weighted by molar-refractivity contribution is 5.93. The molecule has 0 spiro atoms. The van der Waals surface area contributed by atoms with Gasteiger partial charge in [0.1, 0.15) is 5.82 Å². The number of aromatic nitrogens is 4. The Balaban J connectivity index is 1.96. The van der Waals surface area contributed by atoms with Crippen LogP contribution >= 0.6 is 0 Å². The SMILES string of the molecule is CCCCn1c(=O)[nH]c(=O)c2c1nc(CCC(=O)N(C)c1cccc(C)c1)n2CC(C)C. The summed E-state index contributed by atoms with van der Waals surface area (Å²) in [6, 6.07) is 7.80. The molecular weight excluding hydrogens is 406 g/mol. The summed E-state index contributed by atoms with van der Waals surface area (Å²) >= 11 is 0. The van der Waals surface area contributed by atoms with Crippen molar-refractivity contribution in [2.24, 2.45) is 5.92 Å². The Morgan fingerprint density at radius 1 is 1.22 bits per heavy atom. The van der Waals surface area contributed by atoms with Gasteiger partial charge < -0.3 is 9.47 Å². The van der Waals surface area contributed by atoms with E-state index in [4.69, 9.17) is 4.98 Å². The minimum Gasteiger partial charge on any atom is -0.322 e. The number of carbonyl (C=O) groups excluding carboxylic acids is 1. The van der Waals surface area contributed by atoms with E-state index in [1.54, 1.807) is 16.5 Å². The van der Waals surface area contributed by atoms with Crippen LogP contribution in [0.2, 0.25) is 0 Å². The summed E-state index contributed by atoms with van der Waals surface area (Å²) in [5.74, 6) is 0.893. The van der Waals surface area contributed by atoms with Crippen molar-refractivity contribution in [1.29, 1.82) is 0 Å². The predicted molar refractivity (Wildman–Crippen MR) is 127 cm³/mol. The number of rotatable bonds is 9. The van der Waals surface area contributed by atoms with E-state index in [-0.39, 0.29) is 18.2 Å². The lowest BCUT2D eigenvalue weighted by molar-refractivity contribution is -0.118. The van der Waals surface area contributed by atoms with Crippen molar-refractivity contribution in [1.82, 2.24) is 19.1 Å². The number of nitrogens with one attached hydrogen (secondary N) is 1. The Morgan fingerprint density at radius 3 is 2.62 bits per heavy atom. The van der Waals surface area contributed by atoms with Gasteiger partial charge in [0, 0.05) is 38.7 Å². The van der Waals surface area contributed by atoms with E-state index in [0.717, 1.165) is 24.1 Å². The first-order valence-corrected chi connectivity index (χ1v) is 11.3. The fraction of sp³-hybridized carbons (Fsp3) is 0.500. The van der Waals surface area contributed by atoms with E-state index in [2.05, 4.69) is 18.8 Å². The van der Waals surface area contributed by atoms with E-state index in [9.17, 15) is 14.4 Å². The smallest absolute Gasteiger partial charge is 0.322 e. The zero-order valence-corrected chi connectivity index (χ0v) is 19.6. The van der Waals surface area contributed by atoms with Crippen molar-refractivity contribution in [2.45, 2.75) is 66.5 Å². The van der Waals surface area contributed by atoms with Gasteiger partial charge in [-0.3, -0.25) is 19.1 Å². The lowest BCUT2D eigenvalue weighted by Gasteiger charge is -2.18. The Morgan fingerprint density at radius 2 is 1.97 bits per heavy atom. The summed E-state index contributed by atoms with van der Waals surface area (Å²) in [5, 5.41) is 0. The molecule has 0 atom stereocenters. The van der Waals surface area contributed by atoms with Gasteiger partial charge in [-0.05, 0) is 37.0 Å². The average Bonchev–Trinajstić information content (AvgIpc) is 3.09. The molecule has 172 valence electrons. The second kappa shape index (κ2) is 9.97. The summed E-state index contributed by atoms with van der Waals surface area (Å²) in [6.45, 7) is 9.25. The zero-order chi connectivity index (χ0) is 23.4. The third kappa shape index (κ3) is 5.00. The number of hydrogen-bond donors (Lipinski definition) is 1. The van der Waals surface area contributed by atoms with Crippen molar-refractivity contribution < 1.29 is 4.79 Å². The third-order valence-electron chi connectivity index (χ3n) is 5.57. The van der Waals surface area contributed by atoms with Crippen LogP contribution in [0.1, 0.15) is 51.4 Å². The molecule has 2 aromatic heterocycles. The molecule has 8 heteroatoms. The molecule has 3 rings (SSSR count). The first-order valence-electron chi connectivity index (χ1n) is 11.3. The van der Waals surface area contributed by atoms with Crippen LogP contribution < -0.4 is 16.1 Å². The van der Waals surface area contributed by atoms with Crippen LogP contribution in [-0.4, -0.2) is 32.1 Å². The van der Waals surface area contributed by atoms with Crippen molar-refractivity contribution in [3.63, 3.8) is 0 Å². The predicted octanol–water partition coefficient (Wildman–Crippen LogP) is 3.25. The maximum Gasteiger partial charge on any atom is 0.330 e. The van der Waals surface area contributed by atoms with Crippen LogP contribution in [0.5, 0.6) is 0 Å². The summed E-state index contributed by atoms with van der Waals surface area (Å²) in [7, 11) is 1.77. The zero-order valence-electron chi connectivity index (χ0n) is 19.6. The molecule has 8 nitrogen and oxygen atoms in total. The lowest BCUT2D eigenvalue weighted by atomic mass is 10.2. The number of aromatic amines is 1. The number of H-pyrrole nitrogens is 1. The van der Waals surface area contributed by atoms with Crippen LogP contribution in [0, 0.1) is 12.8 Å². The minimum atomic E-state index is -0.438. The number of imidazole rings is 1. The van der Waals surface area contributed by atoms with Crippen LogP contribution in [0.3, 0.4) is 0 Å². The molecule has 0 aliphatic rings. The molecular formula is C24H33N5O3. The van der Waals surface area contributed by atoms with Gasteiger partial charge in [0.25, 0.3) is 5.56 Å². The molecule has 0 radical (unpaired) electrons. The fourth-order valence-corrected chi connectivity index (χ4v) is 3.86. The molecule has 1 amide bonds. The Bertz CT molecular complexity index is 1220. The molecule has 3 aromatic rings. The Kier molecular flexibility index (Phi) is 7.33. The third-order valence-corrected chi connectivity index (χ3v) is 5.57. The van der Waals surface area contributed by atoms with Crippen LogP contribution in [-0.2, 0) is 24.3 Å². The quantitative estimate of drug-likeness (QED) is 0.554. The normalized spacial score (nSPS) is 11.4. The molecule has 0 saturated carbocycles. The van der Waals surface area contributed by atoms with Crippen LogP contribution in [0.15, 0.2) is 33.9 Å². The molecule has 0 unspecified atom stereocenters. The standard InChI is InChI=1S/C24H33N5O3/c1-6-7-13-28-22-21(23(31)26-24(28)32)29(15-16(2)3)19(25-22)11-12-20(30)27(5)18-10-8-9-17(4)14-18/h8-10,14,16H,6-7,11-13,15H2,1-5H3,(H,26,31,32). The van der Waals surface area contributed by atoms with Crippen molar-refractivity contribution in [3.05, 3.63) is 56.5 Å². The maximum atomic E-state index is 12.9. The maximum absolute atomic E-state index is 12.9. The Hall–Kier alpha value is -3.16. The fourth-order valence-electron chi connectivity index (χ4n) is 3.86. The van der Waals surface area contributed by atoms with Crippen LogP contribution in [0.25, 0.3) is 11.2 Å². The van der Waals surface area contributed by atoms with Gasteiger partial charge in [-0.1, -0.05) is 39.3 Å². The molecule has 1 N–H and O–H groups in total. The number of nitrogens with zero attached hydrogens (tertiary/aromatic N) is 4. The van der Waals surface area contributed by atoms with Gasteiger partial charge in [0.15, 0.2) is 11.2 Å². The number of unbranched alkanes of at least 4 members (excludes halogenated alkanes) is 1. The summed E-state index contributed by atoms with van der Waals surface area (Å²) < 4.78 is 3.42. The van der Waals surface area contributed by atoms with Crippen LogP contribution in [0.4, 0.5) is 5.69 Å². The number of aryl methyl sites for hydroxylation is 3. The average molecular weight is 440 g/mol. The molecule has 2 heterocycles. The first-order chi connectivity index (χ1) is 15.2. The van der Waals surface area contributed by atoms with Gasteiger partial charge in [0.05, 0.1) is 0 Å². The van der Waals surface area contributed by atoms with E-state index in [1.807, 2.05) is 42.7 Å². The second-order valence-corrected chi connectivity index (χ2v) is 8.76. The summed E-state index contributed by atoms with van der Waals surface area (Å²) in [5.41, 5.74) is 1.87. The summed E-state index contributed by atoms with van der Waals surface area (Å²) in [6.07, 6.45) is 2.38. The molecule has 0 aliphatic heterocycles. The monoisotopic (exact) mass is 439 g/mol. The van der Waals surface area contributed by atoms with Crippen molar-refractivity contribution >= 4 is 22.8 Å². The lowest BCUT2D eigenvalue weighted by Crippen LogP contribution is -2.31. The highest BCUT2D eigenvalue weighted by atomic mass is 16.2. The first kappa shape index (κ1) is 23.5. The van der Waals surface area contributed by atoms with Crippen molar-refractivity contribution in [3.8, 4) is 0 Å². The minimum absolute atomic E-state index is 0.0314. The number of hydrogen-bond acceptors (Lipinski definition) is 4. The molecule has 0 aliphatic carbocycles. The largest absolute Gasteiger partial charge is 0.330 e. The second-order valence-electron chi connectivity index (χ2n) is 8.76. The van der Waals surface area contributed by atoms with Gasteiger partial charge in [-0.2, -0.15) is 0 Å². The van der Waals surface area contributed by atoms with E-state index in [1.165, 1.54) is 0 Å². The van der Waals surface area contributed by atoms with Gasteiger partial charge >= 0.3 is 5.69 Å².